The molecule has 2 unspecified atom stereocenters. The summed E-state index contributed by atoms with van der Waals surface area (Å²) in [7, 11) is 0. The number of nitrogens with one attached hydrogen (secondary N) is 1. The van der Waals surface area contributed by atoms with Gasteiger partial charge in [-0.25, -0.2) is 0 Å². The van der Waals surface area contributed by atoms with Gasteiger partial charge >= 0.3 is 5.97 Å². The van der Waals surface area contributed by atoms with Crippen LogP contribution in [0.25, 0.3) is 0 Å². The minimum atomic E-state index is -0.801. The van der Waals surface area contributed by atoms with Crippen molar-refractivity contribution in [1.29, 1.82) is 0 Å². The summed E-state index contributed by atoms with van der Waals surface area (Å²) >= 11 is 5.82. The van der Waals surface area contributed by atoms with E-state index in [2.05, 4.69) is 5.32 Å². The number of carboxylic acids is 1. The lowest BCUT2D eigenvalue weighted by Crippen LogP contribution is -2.44. The first-order chi connectivity index (χ1) is 7.51. The first-order valence-electron chi connectivity index (χ1n) is 5.25. The van der Waals surface area contributed by atoms with Crippen molar-refractivity contribution >= 4 is 17.6 Å². The van der Waals surface area contributed by atoms with Crippen LogP contribution in [-0.4, -0.2) is 23.2 Å². The van der Waals surface area contributed by atoms with Gasteiger partial charge in [-0.3, -0.25) is 4.79 Å². The predicted octanol–water partition coefficient (Wildman–Crippen LogP) is 2.26. The summed E-state index contributed by atoms with van der Waals surface area (Å²) in [4.78, 5) is 11.1. The van der Waals surface area contributed by atoms with Crippen molar-refractivity contribution in [2.75, 3.05) is 6.54 Å². The normalized spacial score (nSPS) is 29.2. The van der Waals surface area contributed by atoms with Crippen molar-refractivity contribution in [3.63, 3.8) is 0 Å². The van der Waals surface area contributed by atoms with Gasteiger partial charge in [-0.05, 0) is 37.0 Å². The van der Waals surface area contributed by atoms with Gasteiger partial charge in [0.15, 0.2) is 0 Å². The number of benzene rings is 1. The predicted molar refractivity (Wildman–Crippen MR) is 62.9 cm³/mol. The summed E-state index contributed by atoms with van der Waals surface area (Å²) in [5.41, 5.74) is 0.339. The molecule has 1 aromatic rings. The second-order valence-electron chi connectivity index (χ2n) is 4.47. The topological polar surface area (TPSA) is 49.3 Å². The number of hydrogen-bond donors (Lipinski definition) is 2. The van der Waals surface area contributed by atoms with Crippen LogP contribution in [0, 0.1) is 0 Å². The molecular weight excluding hydrogens is 226 g/mol. The van der Waals surface area contributed by atoms with Crippen molar-refractivity contribution in [2.24, 2.45) is 0 Å². The van der Waals surface area contributed by atoms with E-state index in [0.717, 1.165) is 5.56 Å². The van der Waals surface area contributed by atoms with Gasteiger partial charge in [0.1, 0.15) is 5.54 Å². The average molecular weight is 240 g/mol. The molecule has 0 spiro atoms. The Kier molecular flexibility index (Phi) is 2.91. The van der Waals surface area contributed by atoms with Crippen molar-refractivity contribution in [2.45, 2.75) is 24.8 Å². The van der Waals surface area contributed by atoms with Crippen LogP contribution in [0.5, 0.6) is 0 Å². The minimum absolute atomic E-state index is 0.248. The van der Waals surface area contributed by atoms with Crippen LogP contribution in [0.2, 0.25) is 5.02 Å². The average Bonchev–Trinajstić information content (AvgIpc) is 2.63. The maximum Gasteiger partial charge on any atom is 0.323 e. The Bertz CT molecular complexity index is 404. The zero-order valence-electron chi connectivity index (χ0n) is 9.03. The number of halogens is 1. The Morgan fingerprint density at radius 2 is 2.12 bits per heavy atom. The standard InChI is InChI=1S/C12H14ClNO2/c1-12(11(15)16)6-9(7-14-12)8-2-4-10(13)5-3-8/h2-5,9,14H,6-7H2,1H3,(H,15,16). The van der Waals surface area contributed by atoms with Crippen LogP contribution in [0.3, 0.4) is 0 Å². The third-order valence-corrected chi connectivity index (χ3v) is 3.46. The van der Waals surface area contributed by atoms with Crippen LogP contribution in [0.15, 0.2) is 24.3 Å². The van der Waals surface area contributed by atoms with Crippen molar-refractivity contribution in [3.8, 4) is 0 Å². The maximum absolute atomic E-state index is 11.1. The van der Waals surface area contributed by atoms with Crippen LogP contribution >= 0.6 is 11.6 Å². The minimum Gasteiger partial charge on any atom is -0.480 e. The van der Waals surface area contributed by atoms with E-state index in [1.807, 2.05) is 24.3 Å². The van der Waals surface area contributed by atoms with E-state index in [-0.39, 0.29) is 5.92 Å². The number of carbonyl (C=O) groups is 1. The molecule has 0 aromatic heterocycles. The molecule has 1 heterocycles. The van der Waals surface area contributed by atoms with E-state index in [9.17, 15) is 4.79 Å². The fourth-order valence-corrected chi connectivity index (χ4v) is 2.25. The van der Waals surface area contributed by atoms with E-state index >= 15 is 0 Å². The highest BCUT2D eigenvalue weighted by atomic mass is 35.5. The summed E-state index contributed by atoms with van der Waals surface area (Å²) < 4.78 is 0. The van der Waals surface area contributed by atoms with E-state index in [1.165, 1.54) is 0 Å². The molecule has 0 saturated carbocycles. The number of rotatable bonds is 2. The Morgan fingerprint density at radius 3 is 2.62 bits per heavy atom. The summed E-state index contributed by atoms with van der Waals surface area (Å²) in [5, 5.41) is 12.9. The smallest absolute Gasteiger partial charge is 0.323 e. The molecule has 1 aromatic carbocycles. The zero-order chi connectivity index (χ0) is 11.8. The Balaban J connectivity index is 2.15. The molecule has 1 aliphatic rings. The molecule has 2 N–H and O–H groups in total. The molecule has 86 valence electrons. The first kappa shape index (κ1) is 11.4. The third-order valence-electron chi connectivity index (χ3n) is 3.21. The highest BCUT2D eigenvalue weighted by molar-refractivity contribution is 6.30. The van der Waals surface area contributed by atoms with Crippen molar-refractivity contribution in [3.05, 3.63) is 34.9 Å². The molecule has 0 aliphatic carbocycles. The molecule has 0 radical (unpaired) electrons. The molecule has 1 fully saturated rings. The molecule has 2 atom stereocenters. The van der Waals surface area contributed by atoms with Gasteiger partial charge in [0.25, 0.3) is 0 Å². The third kappa shape index (κ3) is 2.06. The highest BCUT2D eigenvalue weighted by Gasteiger charge is 2.41. The molecule has 0 amide bonds. The van der Waals surface area contributed by atoms with Gasteiger partial charge in [-0.2, -0.15) is 0 Å². The second-order valence-corrected chi connectivity index (χ2v) is 4.91. The van der Waals surface area contributed by atoms with Gasteiger partial charge in [-0.15, -0.1) is 0 Å². The molecule has 16 heavy (non-hydrogen) atoms. The van der Waals surface area contributed by atoms with Crippen LogP contribution < -0.4 is 5.32 Å². The maximum atomic E-state index is 11.1. The van der Waals surface area contributed by atoms with Crippen molar-refractivity contribution in [1.82, 2.24) is 5.32 Å². The lowest BCUT2D eigenvalue weighted by molar-refractivity contribution is -0.143. The molecule has 0 bridgehead atoms. The Hall–Kier alpha value is -1.06. The Morgan fingerprint density at radius 1 is 1.50 bits per heavy atom. The van der Waals surface area contributed by atoms with Gasteiger partial charge in [0, 0.05) is 11.6 Å². The first-order valence-corrected chi connectivity index (χ1v) is 5.63. The number of aliphatic carboxylic acids is 1. The largest absolute Gasteiger partial charge is 0.480 e. The van der Waals surface area contributed by atoms with Crippen LogP contribution in [0.4, 0.5) is 0 Å². The second kappa shape index (κ2) is 4.07. The molecular formula is C12H14ClNO2. The Labute approximate surface area is 99.4 Å². The van der Waals surface area contributed by atoms with Gasteiger partial charge in [0.05, 0.1) is 0 Å². The van der Waals surface area contributed by atoms with Gasteiger partial charge in [0.2, 0.25) is 0 Å². The fraction of sp³-hybridized carbons (Fsp3) is 0.417. The van der Waals surface area contributed by atoms with Gasteiger partial charge < -0.3 is 10.4 Å². The monoisotopic (exact) mass is 239 g/mol. The SMILES string of the molecule is CC1(C(=O)O)CC(c2ccc(Cl)cc2)CN1. The summed E-state index contributed by atoms with van der Waals surface area (Å²) in [5.74, 6) is -0.540. The van der Waals surface area contributed by atoms with E-state index in [0.29, 0.717) is 18.0 Å². The highest BCUT2D eigenvalue weighted by Crippen LogP contribution is 2.32. The summed E-state index contributed by atoms with van der Waals surface area (Å²) in [6, 6.07) is 7.60. The lowest BCUT2D eigenvalue weighted by atomic mass is 9.90. The molecule has 1 aliphatic heterocycles. The molecule has 4 heteroatoms. The van der Waals surface area contributed by atoms with E-state index in [1.54, 1.807) is 6.92 Å². The van der Waals surface area contributed by atoms with Crippen molar-refractivity contribution < 1.29 is 9.90 Å². The molecule has 3 nitrogen and oxygen atoms in total. The zero-order valence-corrected chi connectivity index (χ0v) is 9.79. The van der Waals surface area contributed by atoms with E-state index in [4.69, 9.17) is 16.7 Å². The number of carboxylic acid groups (broad SMARTS) is 1. The fourth-order valence-electron chi connectivity index (χ4n) is 2.12. The molecule has 1 saturated heterocycles. The summed E-state index contributed by atoms with van der Waals surface area (Å²) in [6.45, 7) is 2.43. The molecule has 2 rings (SSSR count). The summed E-state index contributed by atoms with van der Waals surface area (Å²) in [6.07, 6.45) is 0.615. The van der Waals surface area contributed by atoms with Gasteiger partial charge in [-0.1, -0.05) is 23.7 Å². The van der Waals surface area contributed by atoms with E-state index < -0.39 is 11.5 Å². The van der Waals surface area contributed by atoms with Crippen LogP contribution in [0.1, 0.15) is 24.8 Å². The quantitative estimate of drug-likeness (QED) is 0.832. The lowest BCUT2D eigenvalue weighted by Gasteiger charge is -2.18. The number of hydrogen-bond acceptors (Lipinski definition) is 2. The van der Waals surface area contributed by atoms with Crippen LogP contribution in [-0.2, 0) is 4.79 Å².